The van der Waals surface area contributed by atoms with E-state index in [2.05, 4.69) is 21.2 Å². The molecular formula is C19H15BrN2O2S. The summed E-state index contributed by atoms with van der Waals surface area (Å²) in [6.45, 7) is 0.132. The van der Waals surface area contributed by atoms with Crippen LogP contribution < -0.4 is 5.32 Å². The van der Waals surface area contributed by atoms with Gasteiger partial charge in [-0.3, -0.25) is 14.5 Å². The highest BCUT2D eigenvalue weighted by Gasteiger charge is 2.34. The third-order valence-corrected chi connectivity index (χ3v) is 5.13. The molecule has 2 aromatic rings. The number of rotatable bonds is 5. The van der Waals surface area contributed by atoms with Crippen molar-refractivity contribution in [2.45, 2.75) is 0 Å². The third-order valence-electron chi connectivity index (χ3n) is 3.51. The van der Waals surface area contributed by atoms with Crippen LogP contribution >= 0.6 is 27.7 Å². The average Bonchev–Trinajstić information content (AvgIpc) is 2.89. The number of nitrogens with zero attached hydrogens (tertiary/aromatic N) is 1. The van der Waals surface area contributed by atoms with E-state index in [4.69, 9.17) is 0 Å². The molecule has 1 fully saturated rings. The zero-order valence-corrected chi connectivity index (χ0v) is 15.6. The first-order valence-electron chi connectivity index (χ1n) is 7.60. The molecule has 0 bridgehead atoms. The average molecular weight is 415 g/mol. The summed E-state index contributed by atoms with van der Waals surface area (Å²) in [7, 11) is 0. The first-order chi connectivity index (χ1) is 12.1. The first kappa shape index (κ1) is 17.5. The minimum Gasteiger partial charge on any atom is -0.366 e. The molecule has 0 aromatic heterocycles. The van der Waals surface area contributed by atoms with Crippen LogP contribution in [0.1, 0.15) is 5.56 Å². The third kappa shape index (κ3) is 4.41. The number of carbonyl (C=O) groups is 2. The molecule has 4 nitrogen and oxygen atoms in total. The zero-order valence-electron chi connectivity index (χ0n) is 13.2. The van der Waals surface area contributed by atoms with Crippen molar-refractivity contribution in [1.82, 2.24) is 4.90 Å². The number of benzene rings is 2. The zero-order chi connectivity index (χ0) is 17.6. The summed E-state index contributed by atoms with van der Waals surface area (Å²) in [5, 5.41) is 2.82. The van der Waals surface area contributed by atoms with Gasteiger partial charge in [-0.05, 0) is 51.5 Å². The van der Waals surface area contributed by atoms with Crippen molar-refractivity contribution in [3.63, 3.8) is 0 Å². The number of thioether (sulfide) groups is 1. The Bertz CT molecular complexity index is 850. The number of hydrogen-bond acceptors (Lipinski definition) is 4. The maximum Gasteiger partial charge on any atom is 0.295 e. The maximum atomic E-state index is 12.4. The SMILES string of the molecule is O=C1SC(=CC=Cc2ccccc2)C(=O)N1CNc1ccccc1Br. The second-order valence-corrected chi connectivity index (χ2v) is 7.06. The van der Waals surface area contributed by atoms with Crippen LogP contribution in [-0.4, -0.2) is 22.7 Å². The van der Waals surface area contributed by atoms with Crippen LogP contribution in [0.2, 0.25) is 0 Å². The predicted octanol–water partition coefficient (Wildman–Crippen LogP) is 5.11. The fourth-order valence-electron chi connectivity index (χ4n) is 2.23. The summed E-state index contributed by atoms with van der Waals surface area (Å²) in [6, 6.07) is 17.3. The second kappa shape index (κ2) is 8.18. The van der Waals surface area contributed by atoms with Gasteiger partial charge in [-0.15, -0.1) is 0 Å². The number of para-hydroxylation sites is 1. The summed E-state index contributed by atoms with van der Waals surface area (Å²) >= 11 is 4.38. The van der Waals surface area contributed by atoms with E-state index in [0.29, 0.717) is 4.91 Å². The van der Waals surface area contributed by atoms with Gasteiger partial charge in [0.1, 0.15) is 0 Å². The molecule has 0 atom stereocenters. The molecule has 0 radical (unpaired) electrons. The lowest BCUT2D eigenvalue weighted by atomic mass is 10.2. The van der Waals surface area contributed by atoms with Crippen LogP contribution in [0, 0.1) is 0 Å². The van der Waals surface area contributed by atoms with Crippen molar-refractivity contribution in [2.24, 2.45) is 0 Å². The van der Waals surface area contributed by atoms with Gasteiger partial charge in [0, 0.05) is 10.2 Å². The van der Waals surface area contributed by atoms with E-state index in [0.717, 1.165) is 27.5 Å². The van der Waals surface area contributed by atoms with Crippen LogP contribution in [0.3, 0.4) is 0 Å². The number of carbonyl (C=O) groups excluding carboxylic acids is 2. The van der Waals surface area contributed by atoms with Crippen LogP contribution in [-0.2, 0) is 4.79 Å². The van der Waals surface area contributed by atoms with Gasteiger partial charge in [-0.1, -0.05) is 54.6 Å². The number of nitrogens with one attached hydrogen (secondary N) is 1. The Labute approximate surface area is 158 Å². The monoisotopic (exact) mass is 414 g/mol. The van der Waals surface area contributed by atoms with Crippen LogP contribution in [0.15, 0.2) is 76.1 Å². The van der Waals surface area contributed by atoms with Crippen molar-refractivity contribution in [3.05, 3.63) is 81.7 Å². The molecule has 0 unspecified atom stereocenters. The van der Waals surface area contributed by atoms with Crippen molar-refractivity contribution < 1.29 is 9.59 Å². The van der Waals surface area contributed by atoms with Gasteiger partial charge in [-0.2, -0.15) is 0 Å². The van der Waals surface area contributed by atoms with Gasteiger partial charge in [0.25, 0.3) is 11.1 Å². The van der Waals surface area contributed by atoms with Crippen LogP contribution in [0.25, 0.3) is 6.08 Å². The Morgan fingerprint density at radius 2 is 1.76 bits per heavy atom. The normalized spacial score (nSPS) is 16.2. The standard InChI is InChI=1S/C19H15BrN2O2S/c20-15-10-4-5-11-16(15)21-13-22-18(23)17(25-19(22)24)12-6-9-14-7-2-1-3-8-14/h1-12,21H,13H2. The Morgan fingerprint density at radius 3 is 2.52 bits per heavy atom. The second-order valence-electron chi connectivity index (χ2n) is 5.22. The molecule has 2 amide bonds. The molecule has 2 aromatic carbocycles. The molecule has 1 aliphatic rings. The fraction of sp³-hybridized carbons (Fsp3) is 0.0526. The molecule has 1 aliphatic heterocycles. The van der Waals surface area contributed by atoms with Gasteiger partial charge in [-0.25, -0.2) is 0 Å². The lowest BCUT2D eigenvalue weighted by Gasteiger charge is -2.15. The smallest absolute Gasteiger partial charge is 0.295 e. The molecule has 0 aliphatic carbocycles. The Kier molecular flexibility index (Phi) is 5.73. The predicted molar refractivity (Wildman–Crippen MR) is 106 cm³/mol. The van der Waals surface area contributed by atoms with Crippen molar-refractivity contribution in [1.29, 1.82) is 0 Å². The number of allylic oxidation sites excluding steroid dienone is 2. The lowest BCUT2D eigenvalue weighted by Crippen LogP contribution is -2.33. The van der Waals surface area contributed by atoms with Gasteiger partial charge >= 0.3 is 0 Å². The molecule has 1 N–H and O–H groups in total. The highest BCUT2D eigenvalue weighted by atomic mass is 79.9. The minimum absolute atomic E-state index is 0.132. The molecular weight excluding hydrogens is 400 g/mol. The van der Waals surface area contributed by atoms with Crippen LogP contribution in [0.5, 0.6) is 0 Å². The molecule has 6 heteroatoms. The summed E-state index contributed by atoms with van der Waals surface area (Å²) in [5.41, 5.74) is 1.86. The molecule has 3 rings (SSSR count). The van der Waals surface area contributed by atoms with E-state index in [1.54, 1.807) is 12.2 Å². The van der Waals surface area contributed by atoms with Gasteiger partial charge in [0.15, 0.2) is 0 Å². The van der Waals surface area contributed by atoms with E-state index in [1.165, 1.54) is 4.90 Å². The summed E-state index contributed by atoms with van der Waals surface area (Å²) in [4.78, 5) is 26.1. The van der Waals surface area contributed by atoms with E-state index in [9.17, 15) is 9.59 Å². The number of amides is 2. The van der Waals surface area contributed by atoms with Crippen molar-refractivity contribution >= 4 is 50.6 Å². The largest absolute Gasteiger partial charge is 0.366 e. The van der Waals surface area contributed by atoms with Crippen molar-refractivity contribution in [3.8, 4) is 0 Å². The van der Waals surface area contributed by atoms with E-state index in [1.807, 2.05) is 60.7 Å². The van der Waals surface area contributed by atoms with E-state index >= 15 is 0 Å². The summed E-state index contributed by atoms with van der Waals surface area (Å²) < 4.78 is 0.878. The molecule has 126 valence electrons. The highest BCUT2D eigenvalue weighted by molar-refractivity contribution is 9.10. The quantitative estimate of drug-likeness (QED) is 0.690. The summed E-state index contributed by atoms with van der Waals surface area (Å²) in [5.74, 6) is -0.285. The van der Waals surface area contributed by atoms with Gasteiger partial charge < -0.3 is 5.32 Å². The lowest BCUT2D eigenvalue weighted by molar-refractivity contribution is -0.122. The van der Waals surface area contributed by atoms with Crippen LogP contribution in [0.4, 0.5) is 10.5 Å². The molecule has 1 saturated heterocycles. The van der Waals surface area contributed by atoms with Gasteiger partial charge in [0.2, 0.25) is 0 Å². The number of halogens is 1. The number of imide groups is 1. The Balaban J connectivity index is 1.65. The first-order valence-corrected chi connectivity index (χ1v) is 9.21. The number of hydrogen-bond donors (Lipinski definition) is 1. The fourth-order valence-corrected chi connectivity index (χ4v) is 3.44. The molecule has 0 spiro atoms. The van der Waals surface area contributed by atoms with E-state index in [-0.39, 0.29) is 17.8 Å². The molecule has 0 saturated carbocycles. The molecule has 1 heterocycles. The highest BCUT2D eigenvalue weighted by Crippen LogP contribution is 2.31. The topological polar surface area (TPSA) is 49.4 Å². The van der Waals surface area contributed by atoms with Crippen molar-refractivity contribution in [2.75, 3.05) is 12.0 Å². The number of anilines is 1. The Morgan fingerprint density at radius 1 is 1.04 bits per heavy atom. The van der Waals surface area contributed by atoms with Gasteiger partial charge in [0.05, 0.1) is 11.6 Å². The molecule has 25 heavy (non-hydrogen) atoms. The van der Waals surface area contributed by atoms with E-state index < -0.39 is 0 Å². The minimum atomic E-state index is -0.285. The summed E-state index contributed by atoms with van der Waals surface area (Å²) in [6.07, 6.45) is 5.36. The maximum absolute atomic E-state index is 12.4. The Hall–Kier alpha value is -2.31.